The van der Waals surface area contributed by atoms with Crippen molar-refractivity contribution in [2.75, 3.05) is 13.1 Å². The van der Waals surface area contributed by atoms with Crippen LogP contribution in [-0.4, -0.2) is 25.0 Å². The first kappa shape index (κ1) is 11.9. The minimum atomic E-state index is -0.0655. The molecule has 1 aliphatic rings. The Morgan fingerprint density at radius 2 is 2.18 bits per heavy atom. The van der Waals surface area contributed by atoms with Crippen molar-refractivity contribution in [1.29, 1.82) is 0 Å². The van der Waals surface area contributed by atoms with E-state index in [0.29, 0.717) is 6.54 Å². The molecule has 0 radical (unpaired) electrons. The van der Waals surface area contributed by atoms with E-state index in [-0.39, 0.29) is 11.9 Å². The molecule has 3 heteroatoms. The molecule has 1 unspecified atom stereocenters. The molecule has 1 atom stereocenters. The molecule has 1 aromatic carbocycles. The average molecular weight is 230 g/mol. The summed E-state index contributed by atoms with van der Waals surface area (Å²) in [7, 11) is 0. The number of benzene rings is 1. The van der Waals surface area contributed by atoms with Crippen molar-refractivity contribution in [2.45, 2.75) is 18.9 Å². The van der Waals surface area contributed by atoms with Crippen molar-refractivity contribution in [3.63, 3.8) is 0 Å². The molecule has 0 bridgehead atoms. The molecule has 2 rings (SSSR count). The van der Waals surface area contributed by atoms with E-state index in [0.717, 1.165) is 30.5 Å². The lowest BCUT2D eigenvalue weighted by atomic mass is 10.0. The van der Waals surface area contributed by atoms with Gasteiger partial charge in [0.1, 0.15) is 0 Å². The monoisotopic (exact) mass is 230 g/mol. The molecule has 1 saturated heterocycles. The van der Waals surface area contributed by atoms with Gasteiger partial charge >= 0.3 is 0 Å². The van der Waals surface area contributed by atoms with Crippen LogP contribution >= 0.6 is 0 Å². The van der Waals surface area contributed by atoms with E-state index in [2.05, 4.69) is 17.2 Å². The Balaban J connectivity index is 1.86. The van der Waals surface area contributed by atoms with E-state index < -0.39 is 0 Å². The summed E-state index contributed by atoms with van der Waals surface area (Å²) < 4.78 is 0. The van der Waals surface area contributed by atoms with Gasteiger partial charge in [0.05, 0.1) is 6.04 Å². The number of amides is 1. The van der Waals surface area contributed by atoms with E-state index >= 15 is 0 Å². The van der Waals surface area contributed by atoms with Gasteiger partial charge in [0.2, 0.25) is 5.91 Å². The predicted molar refractivity (Wildman–Crippen MR) is 69.5 cm³/mol. The normalized spacial score (nSPS) is 19.8. The summed E-state index contributed by atoms with van der Waals surface area (Å²) in [5.74, 6) is 0.108. The molecule has 2 N–H and O–H groups in total. The minimum Gasteiger partial charge on any atom is -0.355 e. The number of hydrogen-bond donors (Lipinski definition) is 2. The highest BCUT2D eigenvalue weighted by molar-refractivity contribution is 5.82. The lowest BCUT2D eigenvalue weighted by Gasteiger charge is -2.23. The first-order valence-corrected chi connectivity index (χ1v) is 6.01. The molecule has 90 valence electrons. The molecule has 0 aliphatic carbocycles. The van der Waals surface area contributed by atoms with Crippen molar-refractivity contribution in [3.05, 3.63) is 42.5 Å². The Hall–Kier alpha value is -1.61. The summed E-state index contributed by atoms with van der Waals surface area (Å²) in [6, 6.07) is 9.97. The number of piperidine rings is 1. The van der Waals surface area contributed by atoms with Crippen LogP contribution in [-0.2, 0) is 4.79 Å². The summed E-state index contributed by atoms with van der Waals surface area (Å²) in [5, 5.41) is 6.12. The second kappa shape index (κ2) is 5.64. The van der Waals surface area contributed by atoms with E-state index in [4.69, 9.17) is 0 Å². The lowest BCUT2D eigenvalue weighted by Crippen LogP contribution is -2.48. The molecule has 0 saturated carbocycles. The maximum Gasteiger partial charge on any atom is 0.237 e. The van der Waals surface area contributed by atoms with Crippen molar-refractivity contribution >= 4 is 11.5 Å². The molecule has 0 aromatic heterocycles. The topological polar surface area (TPSA) is 41.1 Å². The first-order chi connectivity index (χ1) is 8.27. The fourth-order valence-corrected chi connectivity index (χ4v) is 1.99. The molecule has 1 aromatic rings. The Morgan fingerprint density at radius 1 is 1.41 bits per heavy atom. The van der Waals surface area contributed by atoms with Gasteiger partial charge in [-0.2, -0.15) is 0 Å². The second-order valence-corrected chi connectivity index (χ2v) is 4.34. The molecule has 1 fully saturated rings. The van der Waals surface area contributed by atoms with Gasteiger partial charge < -0.3 is 10.6 Å². The summed E-state index contributed by atoms with van der Waals surface area (Å²) in [4.78, 5) is 11.5. The lowest BCUT2D eigenvalue weighted by molar-refractivity contribution is -0.124. The molecule has 1 aliphatic heterocycles. The zero-order valence-electron chi connectivity index (χ0n) is 9.91. The standard InChI is InChI=1S/C14H18N2O/c1-11(12-6-3-2-4-7-12)10-16-13-8-5-9-15-14(13)17/h2-4,6-7,13,16H,1,5,8-10H2,(H,15,17). The third-order valence-electron chi connectivity index (χ3n) is 3.03. The number of carbonyl (C=O) groups is 1. The molecule has 1 amide bonds. The predicted octanol–water partition coefficient (Wildman–Crippen LogP) is 1.57. The molecule has 17 heavy (non-hydrogen) atoms. The summed E-state index contributed by atoms with van der Waals surface area (Å²) in [6.45, 7) is 5.50. The first-order valence-electron chi connectivity index (χ1n) is 6.01. The van der Waals surface area contributed by atoms with E-state index in [1.165, 1.54) is 0 Å². The van der Waals surface area contributed by atoms with Crippen LogP contribution in [0.4, 0.5) is 0 Å². The number of nitrogens with one attached hydrogen (secondary N) is 2. The Kier molecular flexibility index (Phi) is 3.94. The third kappa shape index (κ3) is 3.17. The highest BCUT2D eigenvalue weighted by atomic mass is 16.2. The van der Waals surface area contributed by atoms with Gasteiger partial charge in [-0.3, -0.25) is 4.79 Å². The zero-order chi connectivity index (χ0) is 12.1. The van der Waals surface area contributed by atoms with Crippen molar-refractivity contribution in [1.82, 2.24) is 10.6 Å². The van der Waals surface area contributed by atoms with Gasteiger partial charge in [-0.25, -0.2) is 0 Å². The SMILES string of the molecule is C=C(CNC1CCCNC1=O)c1ccccc1. The van der Waals surface area contributed by atoms with Crippen molar-refractivity contribution < 1.29 is 4.79 Å². The van der Waals surface area contributed by atoms with Gasteiger partial charge in [-0.15, -0.1) is 0 Å². The Labute approximate surface area is 102 Å². The van der Waals surface area contributed by atoms with Crippen molar-refractivity contribution in [2.24, 2.45) is 0 Å². The van der Waals surface area contributed by atoms with Crippen LogP contribution in [0.1, 0.15) is 18.4 Å². The van der Waals surface area contributed by atoms with Gasteiger partial charge in [0, 0.05) is 13.1 Å². The van der Waals surface area contributed by atoms with Gasteiger partial charge in [0.25, 0.3) is 0 Å². The van der Waals surface area contributed by atoms with E-state index in [1.54, 1.807) is 0 Å². The molecule has 1 heterocycles. The maximum atomic E-state index is 11.5. The molecular formula is C14H18N2O. The summed E-state index contributed by atoms with van der Waals surface area (Å²) in [6.07, 6.45) is 1.95. The van der Waals surface area contributed by atoms with Gasteiger partial charge in [-0.05, 0) is 24.0 Å². The third-order valence-corrected chi connectivity index (χ3v) is 3.03. The van der Waals surface area contributed by atoms with Crippen LogP contribution in [0.15, 0.2) is 36.9 Å². The largest absolute Gasteiger partial charge is 0.355 e. The number of rotatable bonds is 4. The fourth-order valence-electron chi connectivity index (χ4n) is 1.99. The van der Waals surface area contributed by atoms with Crippen LogP contribution in [0.3, 0.4) is 0 Å². The number of carbonyl (C=O) groups excluding carboxylic acids is 1. The summed E-state index contributed by atoms with van der Waals surface area (Å²) >= 11 is 0. The van der Waals surface area contributed by atoms with Crippen LogP contribution in [0.5, 0.6) is 0 Å². The smallest absolute Gasteiger partial charge is 0.237 e. The quantitative estimate of drug-likeness (QED) is 0.824. The second-order valence-electron chi connectivity index (χ2n) is 4.34. The highest BCUT2D eigenvalue weighted by Crippen LogP contribution is 2.11. The van der Waals surface area contributed by atoms with Crippen LogP contribution in [0.25, 0.3) is 5.57 Å². The van der Waals surface area contributed by atoms with E-state index in [9.17, 15) is 4.79 Å². The van der Waals surface area contributed by atoms with E-state index in [1.807, 2.05) is 30.3 Å². The fraction of sp³-hybridized carbons (Fsp3) is 0.357. The summed E-state index contributed by atoms with van der Waals surface area (Å²) in [5.41, 5.74) is 2.14. The maximum absolute atomic E-state index is 11.5. The van der Waals surface area contributed by atoms with Gasteiger partial charge in [-0.1, -0.05) is 36.9 Å². The van der Waals surface area contributed by atoms with Crippen LogP contribution in [0, 0.1) is 0 Å². The van der Waals surface area contributed by atoms with Crippen molar-refractivity contribution in [3.8, 4) is 0 Å². The minimum absolute atomic E-state index is 0.0655. The average Bonchev–Trinajstić information content (AvgIpc) is 2.38. The van der Waals surface area contributed by atoms with Gasteiger partial charge in [0.15, 0.2) is 0 Å². The Morgan fingerprint density at radius 3 is 2.88 bits per heavy atom. The zero-order valence-corrected chi connectivity index (χ0v) is 9.91. The Bertz CT molecular complexity index is 400. The van der Waals surface area contributed by atoms with Crippen LogP contribution < -0.4 is 10.6 Å². The molecule has 3 nitrogen and oxygen atoms in total. The molecule has 0 spiro atoms. The molecular weight excluding hydrogens is 212 g/mol. The number of hydrogen-bond acceptors (Lipinski definition) is 2. The van der Waals surface area contributed by atoms with Crippen LogP contribution in [0.2, 0.25) is 0 Å². The highest BCUT2D eigenvalue weighted by Gasteiger charge is 2.20.